The number of hydrogen-bond acceptors (Lipinski definition) is 1. The van der Waals surface area contributed by atoms with Crippen LogP contribution in [-0.4, -0.2) is 0 Å². The van der Waals surface area contributed by atoms with Crippen LogP contribution in [0.15, 0.2) is 18.2 Å². The number of aryl methyl sites for hydroxylation is 1. The molecule has 0 saturated heterocycles. The van der Waals surface area contributed by atoms with Gasteiger partial charge in [0.1, 0.15) is 0 Å². The summed E-state index contributed by atoms with van der Waals surface area (Å²) in [7, 11) is 0. The zero-order valence-electron chi connectivity index (χ0n) is 9.79. The monoisotopic (exact) mass is 203 g/mol. The summed E-state index contributed by atoms with van der Waals surface area (Å²) in [6.45, 7) is 4.47. The van der Waals surface area contributed by atoms with Crippen LogP contribution in [0.5, 0.6) is 0 Å². The van der Waals surface area contributed by atoms with Crippen molar-refractivity contribution in [3.05, 3.63) is 29.3 Å². The van der Waals surface area contributed by atoms with Crippen molar-refractivity contribution < 1.29 is 0 Å². The molecule has 1 aliphatic carbocycles. The molecule has 1 heteroatoms. The highest BCUT2D eigenvalue weighted by Crippen LogP contribution is 2.39. The molecule has 0 unspecified atom stereocenters. The van der Waals surface area contributed by atoms with E-state index in [-0.39, 0.29) is 0 Å². The second-order valence-corrected chi connectivity index (χ2v) is 5.00. The van der Waals surface area contributed by atoms with Crippen molar-refractivity contribution in [1.82, 2.24) is 0 Å². The second-order valence-electron chi connectivity index (χ2n) is 5.00. The first-order valence-corrected chi connectivity index (χ1v) is 6.04. The van der Waals surface area contributed by atoms with Crippen molar-refractivity contribution in [2.24, 2.45) is 5.92 Å². The van der Waals surface area contributed by atoms with Crippen LogP contribution >= 0.6 is 0 Å². The fourth-order valence-corrected chi connectivity index (χ4v) is 2.81. The molecule has 0 aromatic heterocycles. The summed E-state index contributed by atoms with van der Waals surface area (Å²) in [4.78, 5) is 0. The fraction of sp³-hybridized carbons (Fsp3) is 0.571. The van der Waals surface area contributed by atoms with E-state index in [9.17, 15) is 0 Å². The van der Waals surface area contributed by atoms with Gasteiger partial charge in [0.05, 0.1) is 0 Å². The molecule has 2 N–H and O–H groups in total. The highest BCUT2D eigenvalue weighted by Gasteiger charge is 2.24. The van der Waals surface area contributed by atoms with Gasteiger partial charge >= 0.3 is 0 Å². The van der Waals surface area contributed by atoms with E-state index in [1.54, 1.807) is 0 Å². The highest BCUT2D eigenvalue weighted by atomic mass is 14.6. The molecule has 15 heavy (non-hydrogen) atoms. The lowest BCUT2D eigenvalue weighted by atomic mass is 9.76. The molecule has 82 valence electrons. The smallest absolute Gasteiger partial charge is 0.0352 e. The van der Waals surface area contributed by atoms with Crippen LogP contribution in [0.3, 0.4) is 0 Å². The van der Waals surface area contributed by atoms with Crippen LogP contribution < -0.4 is 5.73 Å². The van der Waals surface area contributed by atoms with Crippen molar-refractivity contribution in [3.63, 3.8) is 0 Å². The zero-order chi connectivity index (χ0) is 10.8. The van der Waals surface area contributed by atoms with Gasteiger partial charge in [0.25, 0.3) is 0 Å². The van der Waals surface area contributed by atoms with Crippen LogP contribution in [0.2, 0.25) is 0 Å². The number of anilines is 1. The molecular weight excluding hydrogens is 182 g/mol. The maximum atomic E-state index is 6.11. The Bertz CT molecular complexity index is 343. The van der Waals surface area contributed by atoms with Gasteiger partial charge in [0.15, 0.2) is 0 Å². The molecule has 0 spiro atoms. The van der Waals surface area contributed by atoms with Crippen molar-refractivity contribution >= 4 is 5.69 Å². The van der Waals surface area contributed by atoms with Crippen LogP contribution in [-0.2, 0) is 0 Å². The van der Waals surface area contributed by atoms with Gasteiger partial charge in [-0.05, 0) is 42.4 Å². The van der Waals surface area contributed by atoms with Crippen LogP contribution in [0.4, 0.5) is 5.69 Å². The molecule has 0 bridgehead atoms. The Hall–Kier alpha value is -0.980. The SMILES string of the molecule is Cc1ccc([C@@H]2CCCC[C@H]2C)c(N)c1. The quantitative estimate of drug-likeness (QED) is 0.689. The lowest BCUT2D eigenvalue weighted by Crippen LogP contribution is -2.16. The van der Waals surface area contributed by atoms with Crippen molar-refractivity contribution in [2.75, 3.05) is 5.73 Å². The number of rotatable bonds is 1. The van der Waals surface area contributed by atoms with E-state index in [0.29, 0.717) is 5.92 Å². The van der Waals surface area contributed by atoms with Gasteiger partial charge in [-0.25, -0.2) is 0 Å². The molecule has 1 saturated carbocycles. The number of nitrogen functional groups attached to an aromatic ring is 1. The predicted molar refractivity (Wildman–Crippen MR) is 66.0 cm³/mol. The van der Waals surface area contributed by atoms with Crippen LogP contribution in [0.25, 0.3) is 0 Å². The van der Waals surface area contributed by atoms with Crippen molar-refractivity contribution in [3.8, 4) is 0 Å². The Morgan fingerprint density at radius 1 is 1.20 bits per heavy atom. The maximum absolute atomic E-state index is 6.11. The maximum Gasteiger partial charge on any atom is 0.0352 e. The first-order chi connectivity index (χ1) is 7.18. The van der Waals surface area contributed by atoms with Crippen LogP contribution in [0.1, 0.15) is 49.7 Å². The van der Waals surface area contributed by atoms with E-state index in [0.717, 1.165) is 11.6 Å². The van der Waals surface area contributed by atoms with Gasteiger partial charge in [-0.1, -0.05) is 38.3 Å². The molecule has 0 amide bonds. The normalized spacial score (nSPS) is 26.5. The second kappa shape index (κ2) is 4.26. The standard InChI is InChI=1S/C14H21N/c1-10-7-8-13(14(15)9-10)12-6-4-3-5-11(12)2/h7-9,11-12H,3-6,15H2,1-2H3/t11-,12-/m1/s1. The molecule has 2 rings (SSSR count). The molecule has 1 aliphatic rings. The molecular formula is C14H21N. The minimum absolute atomic E-state index is 0.694. The van der Waals surface area contributed by atoms with Gasteiger partial charge < -0.3 is 5.73 Å². The Morgan fingerprint density at radius 2 is 1.93 bits per heavy atom. The van der Waals surface area contributed by atoms with E-state index in [1.807, 2.05) is 0 Å². The summed E-state index contributed by atoms with van der Waals surface area (Å²) in [5, 5.41) is 0. The highest BCUT2D eigenvalue weighted by molar-refractivity contribution is 5.51. The Labute approximate surface area is 92.7 Å². The third-order valence-corrected chi connectivity index (χ3v) is 3.75. The molecule has 0 radical (unpaired) electrons. The van der Waals surface area contributed by atoms with Gasteiger partial charge in [-0.15, -0.1) is 0 Å². The minimum Gasteiger partial charge on any atom is -0.398 e. The summed E-state index contributed by atoms with van der Waals surface area (Å²) in [5.74, 6) is 1.49. The number of nitrogens with two attached hydrogens (primary N) is 1. The molecule has 1 nitrogen and oxygen atoms in total. The predicted octanol–water partition coefficient (Wildman–Crippen LogP) is 3.87. The summed E-state index contributed by atoms with van der Waals surface area (Å²) in [6.07, 6.45) is 5.43. The Balaban J connectivity index is 2.27. The van der Waals surface area contributed by atoms with Crippen molar-refractivity contribution in [2.45, 2.75) is 45.4 Å². The zero-order valence-corrected chi connectivity index (χ0v) is 9.79. The largest absolute Gasteiger partial charge is 0.398 e. The van der Waals surface area contributed by atoms with Crippen molar-refractivity contribution in [1.29, 1.82) is 0 Å². The molecule has 0 aliphatic heterocycles. The molecule has 0 heterocycles. The topological polar surface area (TPSA) is 26.0 Å². The van der Waals surface area contributed by atoms with Gasteiger partial charge in [-0.2, -0.15) is 0 Å². The summed E-state index contributed by atoms with van der Waals surface area (Å²) in [5.41, 5.74) is 9.75. The summed E-state index contributed by atoms with van der Waals surface area (Å²) in [6, 6.07) is 6.53. The lowest BCUT2D eigenvalue weighted by molar-refractivity contribution is 0.331. The number of hydrogen-bond donors (Lipinski definition) is 1. The van der Waals surface area contributed by atoms with Gasteiger partial charge in [0.2, 0.25) is 0 Å². The van der Waals surface area contributed by atoms with Crippen LogP contribution in [0, 0.1) is 12.8 Å². The van der Waals surface area contributed by atoms with E-state index >= 15 is 0 Å². The minimum atomic E-state index is 0.694. The lowest BCUT2D eigenvalue weighted by Gasteiger charge is -2.30. The number of benzene rings is 1. The van der Waals surface area contributed by atoms with E-state index in [4.69, 9.17) is 5.73 Å². The molecule has 1 aromatic rings. The molecule has 1 fully saturated rings. The Kier molecular flexibility index (Phi) is 2.99. The summed E-state index contributed by atoms with van der Waals surface area (Å²) < 4.78 is 0. The summed E-state index contributed by atoms with van der Waals surface area (Å²) >= 11 is 0. The van der Waals surface area contributed by atoms with E-state index < -0.39 is 0 Å². The molecule has 1 aromatic carbocycles. The molecule has 2 atom stereocenters. The van der Waals surface area contributed by atoms with Gasteiger partial charge in [-0.3, -0.25) is 0 Å². The average Bonchev–Trinajstić information content (AvgIpc) is 2.20. The first-order valence-electron chi connectivity index (χ1n) is 6.04. The third kappa shape index (κ3) is 2.17. The van der Waals surface area contributed by atoms with E-state index in [1.165, 1.54) is 36.8 Å². The van der Waals surface area contributed by atoms with E-state index in [2.05, 4.69) is 32.0 Å². The van der Waals surface area contributed by atoms with Gasteiger partial charge in [0, 0.05) is 5.69 Å². The average molecular weight is 203 g/mol. The Morgan fingerprint density at radius 3 is 2.60 bits per heavy atom. The first kappa shape index (κ1) is 10.5. The third-order valence-electron chi connectivity index (χ3n) is 3.75. The fourth-order valence-electron chi connectivity index (χ4n) is 2.81.